The van der Waals surface area contributed by atoms with Crippen LogP contribution in [0.25, 0.3) is 0 Å². The number of nitrogens with one attached hydrogen (secondary N) is 1. The summed E-state index contributed by atoms with van der Waals surface area (Å²) in [5.74, 6) is 0.00803. The molecular weight excluding hydrogens is 410 g/mol. The molecule has 1 saturated heterocycles. The summed E-state index contributed by atoms with van der Waals surface area (Å²) in [6.45, 7) is 1.79. The average molecular weight is 444 g/mol. The zero-order chi connectivity index (χ0) is 22.3. The van der Waals surface area contributed by atoms with Gasteiger partial charge in [-0.15, -0.1) is 0 Å². The summed E-state index contributed by atoms with van der Waals surface area (Å²) in [6, 6.07) is 17.4. The minimum Gasteiger partial charge on any atom is -0.355 e. The second-order valence-electron chi connectivity index (χ2n) is 8.37. The molecule has 0 saturated carbocycles. The minimum atomic E-state index is -3.39. The molecule has 1 aliphatic rings. The molecule has 0 aliphatic carbocycles. The Kier molecular flexibility index (Phi) is 8.23. The van der Waals surface area contributed by atoms with Gasteiger partial charge < -0.3 is 10.2 Å². The third-order valence-electron chi connectivity index (χ3n) is 5.85. The summed E-state index contributed by atoms with van der Waals surface area (Å²) in [5.41, 5.74) is 2.21. The number of carbonyl (C=O) groups excluding carboxylic acids is 1. The lowest BCUT2D eigenvalue weighted by atomic mass is 10.0. The molecule has 1 heterocycles. The standard InChI is InChI=1S/C24H33N3O3S/c1-26(2)22(18-21-8-4-3-5-9-21)19-25-24(28)15-12-20-10-13-23(14-11-20)31(29,30)27-16-6-7-17-27/h3-5,8-11,13-14,22H,6-7,12,15-19H2,1-2H3,(H,25,28)/t22-/m0/s1. The maximum Gasteiger partial charge on any atom is 0.243 e. The van der Waals surface area contributed by atoms with Crippen LogP contribution in [0.15, 0.2) is 59.5 Å². The number of hydrogen-bond acceptors (Lipinski definition) is 4. The van der Waals surface area contributed by atoms with Crippen LogP contribution in [-0.2, 0) is 27.7 Å². The summed E-state index contributed by atoms with van der Waals surface area (Å²) in [6.07, 6.45) is 3.69. The summed E-state index contributed by atoms with van der Waals surface area (Å²) in [7, 11) is 0.661. The van der Waals surface area contributed by atoms with Gasteiger partial charge in [-0.1, -0.05) is 42.5 Å². The molecule has 0 radical (unpaired) electrons. The number of amides is 1. The van der Waals surface area contributed by atoms with Gasteiger partial charge in [0.1, 0.15) is 0 Å². The molecule has 0 spiro atoms. The predicted molar refractivity (Wildman–Crippen MR) is 123 cm³/mol. The highest BCUT2D eigenvalue weighted by Gasteiger charge is 2.26. The first kappa shape index (κ1) is 23.4. The van der Waals surface area contributed by atoms with Crippen molar-refractivity contribution in [3.05, 3.63) is 65.7 Å². The average Bonchev–Trinajstić information content (AvgIpc) is 3.32. The molecule has 0 unspecified atom stereocenters. The van der Waals surface area contributed by atoms with E-state index in [2.05, 4.69) is 22.3 Å². The van der Waals surface area contributed by atoms with Crippen molar-refractivity contribution in [2.75, 3.05) is 33.7 Å². The number of sulfonamides is 1. The Morgan fingerprint density at radius 1 is 1.00 bits per heavy atom. The number of benzene rings is 2. The van der Waals surface area contributed by atoms with Crippen LogP contribution in [-0.4, -0.2) is 63.3 Å². The van der Waals surface area contributed by atoms with Crippen molar-refractivity contribution >= 4 is 15.9 Å². The van der Waals surface area contributed by atoms with E-state index >= 15 is 0 Å². The van der Waals surface area contributed by atoms with Crippen LogP contribution in [0, 0.1) is 0 Å². The maximum absolute atomic E-state index is 12.6. The molecule has 1 aliphatic heterocycles. The number of carbonyl (C=O) groups is 1. The third-order valence-corrected chi connectivity index (χ3v) is 7.76. The number of nitrogens with zero attached hydrogens (tertiary/aromatic N) is 2. The highest BCUT2D eigenvalue weighted by Crippen LogP contribution is 2.21. The summed E-state index contributed by atoms with van der Waals surface area (Å²) >= 11 is 0. The second-order valence-corrected chi connectivity index (χ2v) is 10.3. The van der Waals surface area contributed by atoms with Gasteiger partial charge in [-0.2, -0.15) is 4.31 Å². The highest BCUT2D eigenvalue weighted by atomic mass is 32.2. The van der Waals surface area contributed by atoms with Crippen LogP contribution in [0.1, 0.15) is 30.4 Å². The van der Waals surface area contributed by atoms with E-state index in [0.717, 1.165) is 24.8 Å². The van der Waals surface area contributed by atoms with Crippen LogP contribution >= 0.6 is 0 Å². The van der Waals surface area contributed by atoms with Crippen molar-refractivity contribution in [3.8, 4) is 0 Å². The molecule has 6 nitrogen and oxygen atoms in total. The van der Waals surface area contributed by atoms with Crippen LogP contribution < -0.4 is 5.32 Å². The first-order valence-electron chi connectivity index (χ1n) is 10.9. The van der Waals surface area contributed by atoms with Crippen molar-refractivity contribution in [3.63, 3.8) is 0 Å². The molecule has 31 heavy (non-hydrogen) atoms. The quantitative estimate of drug-likeness (QED) is 0.613. The molecule has 2 aromatic carbocycles. The Balaban J connectivity index is 1.47. The molecule has 1 fully saturated rings. The molecule has 2 aromatic rings. The third kappa shape index (κ3) is 6.63. The molecule has 0 bridgehead atoms. The summed E-state index contributed by atoms with van der Waals surface area (Å²) < 4.78 is 26.8. The van der Waals surface area contributed by atoms with Gasteiger partial charge >= 0.3 is 0 Å². The minimum absolute atomic E-state index is 0.00803. The first-order valence-corrected chi connectivity index (χ1v) is 12.4. The topological polar surface area (TPSA) is 69.7 Å². The molecule has 1 atom stereocenters. The maximum atomic E-state index is 12.6. The van der Waals surface area contributed by atoms with Gasteiger partial charge in [-0.3, -0.25) is 4.79 Å². The van der Waals surface area contributed by atoms with E-state index in [4.69, 9.17) is 0 Å². The second kappa shape index (κ2) is 10.9. The SMILES string of the molecule is CN(C)[C@H](CNC(=O)CCc1ccc(S(=O)(=O)N2CCCC2)cc1)Cc1ccccc1. The number of hydrogen-bond donors (Lipinski definition) is 1. The largest absolute Gasteiger partial charge is 0.355 e. The van der Waals surface area contributed by atoms with Crippen LogP contribution in [0.3, 0.4) is 0 Å². The van der Waals surface area contributed by atoms with Crippen molar-refractivity contribution in [2.24, 2.45) is 0 Å². The van der Waals surface area contributed by atoms with E-state index in [1.165, 1.54) is 5.56 Å². The zero-order valence-electron chi connectivity index (χ0n) is 18.5. The number of rotatable bonds is 10. The molecule has 0 aromatic heterocycles. The fraction of sp³-hybridized carbons (Fsp3) is 0.458. The lowest BCUT2D eigenvalue weighted by molar-refractivity contribution is -0.121. The van der Waals surface area contributed by atoms with Gasteiger partial charge in [-0.05, 0) is 63.0 Å². The Hall–Kier alpha value is -2.22. The first-order chi connectivity index (χ1) is 14.9. The molecule has 168 valence electrons. The molecule has 1 N–H and O–H groups in total. The normalized spacial score (nSPS) is 15.8. The van der Waals surface area contributed by atoms with Crippen LogP contribution in [0.5, 0.6) is 0 Å². The molecular formula is C24H33N3O3S. The summed E-state index contributed by atoms with van der Waals surface area (Å²) in [4.78, 5) is 14.8. The van der Waals surface area contributed by atoms with E-state index < -0.39 is 10.0 Å². The van der Waals surface area contributed by atoms with Crippen molar-refractivity contribution in [2.45, 2.75) is 43.0 Å². The highest BCUT2D eigenvalue weighted by molar-refractivity contribution is 7.89. The molecule has 3 rings (SSSR count). The fourth-order valence-corrected chi connectivity index (χ4v) is 5.32. The fourth-order valence-electron chi connectivity index (χ4n) is 3.81. The van der Waals surface area contributed by atoms with E-state index in [1.807, 2.05) is 44.4 Å². The smallest absolute Gasteiger partial charge is 0.243 e. The Morgan fingerprint density at radius 2 is 1.65 bits per heavy atom. The van der Waals surface area contributed by atoms with E-state index in [9.17, 15) is 13.2 Å². The van der Waals surface area contributed by atoms with Crippen molar-refractivity contribution in [1.82, 2.24) is 14.5 Å². The number of likely N-dealkylation sites (N-methyl/N-ethyl adjacent to an activating group) is 1. The lowest BCUT2D eigenvalue weighted by Crippen LogP contribution is -2.41. The lowest BCUT2D eigenvalue weighted by Gasteiger charge is -2.24. The molecule has 7 heteroatoms. The van der Waals surface area contributed by atoms with Crippen LogP contribution in [0.2, 0.25) is 0 Å². The monoisotopic (exact) mass is 443 g/mol. The number of aryl methyl sites for hydroxylation is 1. The zero-order valence-corrected chi connectivity index (χ0v) is 19.3. The van der Waals surface area contributed by atoms with Crippen molar-refractivity contribution < 1.29 is 13.2 Å². The van der Waals surface area contributed by atoms with Gasteiger partial charge in [0.05, 0.1) is 4.90 Å². The van der Waals surface area contributed by atoms with E-state index in [0.29, 0.717) is 37.4 Å². The van der Waals surface area contributed by atoms with Gasteiger partial charge in [0, 0.05) is 32.1 Å². The van der Waals surface area contributed by atoms with Crippen LogP contribution in [0.4, 0.5) is 0 Å². The Labute approximate surface area is 186 Å². The van der Waals surface area contributed by atoms with Gasteiger partial charge in [0.15, 0.2) is 0 Å². The predicted octanol–water partition coefficient (Wildman–Crippen LogP) is 2.69. The van der Waals surface area contributed by atoms with E-state index in [-0.39, 0.29) is 11.9 Å². The Morgan fingerprint density at radius 3 is 2.26 bits per heavy atom. The summed E-state index contributed by atoms with van der Waals surface area (Å²) in [5, 5.41) is 3.04. The Bertz CT molecular complexity index is 938. The van der Waals surface area contributed by atoms with Gasteiger partial charge in [0.25, 0.3) is 0 Å². The van der Waals surface area contributed by atoms with Gasteiger partial charge in [0.2, 0.25) is 15.9 Å². The van der Waals surface area contributed by atoms with Crippen molar-refractivity contribution in [1.29, 1.82) is 0 Å². The van der Waals surface area contributed by atoms with E-state index in [1.54, 1.807) is 16.4 Å². The van der Waals surface area contributed by atoms with Gasteiger partial charge in [-0.25, -0.2) is 8.42 Å². The molecule has 1 amide bonds.